The van der Waals surface area contributed by atoms with Crippen molar-refractivity contribution >= 4 is 17.5 Å². The average Bonchev–Trinajstić information content (AvgIpc) is 3.46. The first kappa shape index (κ1) is 20.6. The SMILES string of the molecule is COC[C@@H]1CN(C(=O)c2cc(-c3cccc(Cl)c3)n[nH]2)C[C@H]1c1nnc(C(C)C)o1. The molecule has 1 N–H and O–H groups in total. The second-order valence-corrected chi connectivity index (χ2v) is 8.28. The molecule has 1 fully saturated rings. The van der Waals surface area contributed by atoms with E-state index in [4.69, 9.17) is 20.8 Å². The molecule has 158 valence electrons. The Morgan fingerprint density at radius 3 is 2.87 bits per heavy atom. The van der Waals surface area contributed by atoms with Crippen molar-refractivity contribution in [3.05, 3.63) is 52.8 Å². The van der Waals surface area contributed by atoms with Gasteiger partial charge in [0.25, 0.3) is 5.91 Å². The molecular weight excluding hydrogens is 406 g/mol. The molecule has 3 aromatic rings. The lowest BCUT2D eigenvalue weighted by molar-refractivity contribution is 0.0769. The topological polar surface area (TPSA) is 97.1 Å². The molecular formula is C21H24ClN5O3. The first-order valence-corrected chi connectivity index (χ1v) is 10.3. The van der Waals surface area contributed by atoms with Gasteiger partial charge in [-0.1, -0.05) is 37.6 Å². The maximum atomic E-state index is 13.1. The highest BCUT2D eigenvalue weighted by molar-refractivity contribution is 6.30. The Labute approximate surface area is 179 Å². The summed E-state index contributed by atoms with van der Waals surface area (Å²) in [6.07, 6.45) is 0. The molecule has 9 heteroatoms. The standard InChI is InChI=1S/C21H24ClN5O3/c1-12(2)19-25-26-20(30-19)16-10-27(9-14(16)11-29-3)21(28)18-8-17(23-24-18)13-5-4-6-15(22)7-13/h4-8,12,14,16H,9-11H2,1-3H3,(H,23,24)/t14-,16+/m0/s1. The zero-order chi connectivity index (χ0) is 21.3. The third-order valence-corrected chi connectivity index (χ3v) is 5.54. The number of carbonyl (C=O) groups excluding carboxylic acids is 1. The van der Waals surface area contributed by atoms with E-state index in [2.05, 4.69) is 20.4 Å². The molecule has 1 aromatic carbocycles. The summed E-state index contributed by atoms with van der Waals surface area (Å²) in [7, 11) is 1.65. The zero-order valence-electron chi connectivity index (χ0n) is 17.1. The van der Waals surface area contributed by atoms with Gasteiger partial charge < -0.3 is 14.1 Å². The lowest BCUT2D eigenvalue weighted by atomic mass is 9.97. The van der Waals surface area contributed by atoms with Gasteiger partial charge in [-0.15, -0.1) is 10.2 Å². The van der Waals surface area contributed by atoms with E-state index in [9.17, 15) is 4.79 Å². The lowest BCUT2D eigenvalue weighted by Crippen LogP contribution is -2.29. The molecule has 2 aromatic heterocycles. The van der Waals surface area contributed by atoms with Crippen LogP contribution in [-0.4, -0.2) is 58.0 Å². The largest absolute Gasteiger partial charge is 0.425 e. The van der Waals surface area contributed by atoms with Crippen LogP contribution in [0.5, 0.6) is 0 Å². The van der Waals surface area contributed by atoms with Crippen molar-refractivity contribution in [1.82, 2.24) is 25.3 Å². The summed E-state index contributed by atoms with van der Waals surface area (Å²) in [5, 5.41) is 16.1. The van der Waals surface area contributed by atoms with Gasteiger partial charge in [0.1, 0.15) is 5.69 Å². The number of H-pyrrole nitrogens is 1. The summed E-state index contributed by atoms with van der Waals surface area (Å²) in [5.41, 5.74) is 1.94. The van der Waals surface area contributed by atoms with Gasteiger partial charge in [-0.2, -0.15) is 5.10 Å². The quantitative estimate of drug-likeness (QED) is 0.641. The summed E-state index contributed by atoms with van der Waals surface area (Å²) in [5.74, 6) is 1.20. The summed E-state index contributed by atoms with van der Waals surface area (Å²) in [4.78, 5) is 14.9. The first-order valence-electron chi connectivity index (χ1n) is 9.89. The molecule has 1 aliphatic heterocycles. The minimum absolute atomic E-state index is 0.0655. The summed E-state index contributed by atoms with van der Waals surface area (Å²) in [6.45, 7) is 5.54. The van der Waals surface area contributed by atoms with Crippen LogP contribution in [0.3, 0.4) is 0 Å². The van der Waals surface area contributed by atoms with Crippen LogP contribution in [0.15, 0.2) is 34.7 Å². The number of ether oxygens (including phenoxy) is 1. The predicted molar refractivity (Wildman–Crippen MR) is 111 cm³/mol. The maximum absolute atomic E-state index is 13.1. The molecule has 8 nitrogen and oxygen atoms in total. The van der Waals surface area contributed by atoms with Crippen LogP contribution in [0.25, 0.3) is 11.3 Å². The Morgan fingerprint density at radius 2 is 2.17 bits per heavy atom. The Bertz CT molecular complexity index is 1030. The third-order valence-electron chi connectivity index (χ3n) is 5.30. The monoisotopic (exact) mass is 429 g/mol. The minimum Gasteiger partial charge on any atom is -0.425 e. The average molecular weight is 430 g/mol. The van der Waals surface area contributed by atoms with Crippen LogP contribution in [-0.2, 0) is 4.74 Å². The fourth-order valence-corrected chi connectivity index (χ4v) is 3.92. The second-order valence-electron chi connectivity index (χ2n) is 7.84. The van der Waals surface area contributed by atoms with Gasteiger partial charge in [0.05, 0.1) is 18.2 Å². The van der Waals surface area contributed by atoms with Crippen molar-refractivity contribution in [3.8, 4) is 11.3 Å². The second kappa shape index (κ2) is 8.57. The fourth-order valence-electron chi connectivity index (χ4n) is 3.73. The molecule has 0 spiro atoms. The molecule has 30 heavy (non-hydrogen) atoms. The molecule has 1 aliphatic rings. The molecule has 0 bridgehead atoms. The zero-order valence-corrected chi connectivity index (χ0v) is 17.9. The van der Waals surface area contributed by atoms with Gasteiger partial charge in [-0.25, -0.2) is 0 Å². The number of likely N-dealkylation sites (tertiary alicyclic amines) is 1. The van der Waals surface area contributed by atoms with Crippen LogP contribution in [0.2, 0.25) is 5.02 Å². The number of benzene rings is 1. The van der Waals surface area contributed by atoms with Crippen molar-refractivity contribution < 1.29 is 13.9 Å². The molecule has 0 radical (unpaired) electrons. The Balaban J connectivity index is 1.53. The van der Waals surface area contributed by atoms with E-state index in [1.165, 1.54) is 0 Å². The molecule has 0 unspecified atom stereocenters. The number of amides is 1. The molecule has 3 heterocycles. The van der Waals surface area contributed by atoms with E-state index in [0.29, 0.717) is 47.9 Å². The van der Waals surface area contributed by atoms with E-state index in [-0.39, 0.29) is 23.7 Å². The highest BCUT2D eigenvalue weighted by Crippen LogP contribution is 2.34. The number of rotatable bonds is 6. The maximum Gasteiger partial charge on any atom is 0.271 e. The normalized spacial score (nSPS) is 19.0. The first-order chi connectivity index (χ1) is 14.5. The smallest absolute Gasteiger partial charge is 0.271 e. The van der Waals surface area contributed by atoms with Crippen molar-refractivity contribution in [1.29, 1.82) is 0 Å². The van der Waals surface area contributed by atoms with E-state index < -0.39 is 0 Å². The minimum atomic E-state index is -0.122. The van der Waals surface area contributed by atoms with E-state index in [1.54, 1.807) is 24.1 Å². The Morgan fingerprint density at radius 1 is 1.33 bits per heavy atom. The summed E-state index contributed by atoms with van der Waals surface area (Å²) < 4.78 is 11.2. The number of aromatic nitrogens is 4. The van der Waals surface area contributed by atoms with Crippen molar-refractivity contribution in [2.75, 3.05) is 26.8 Å². The van der Waals surface area contributed by atoms with Crippen LogP contribution in [0.4, 0.5) is 0 Å². The molecule has 1 saturated heterocycles. The number of halogens is 1. The van der Waals surface area contributed by atoms with Gasteiger partial charge in [-0.05, 0) is 18.2 Å². The van der Waals surface area contributed by atoms with Gasteiger partial charge >= 0.3 is 0 Å². The number of hydrogen-bond acceptors (Lipinski definition) is 6. The number of carbonyl (C=O) groups is 1. The number of nitrogens with zero attached hydrogens (tertiary/aromatic N) is 4. The number of hydrogen-bond donors (Lipinski definition) is 1. The van der Waals surface area contributed by atoms with Gasteiger partial charge in [0, 0.05) is 42.6 Å². The number of methoxy groups -OCH3 is 1. The van der Waals surface area contributed by atoms with E-state index >= 15 is 0 Å². The summed E-state index contributed by atoms with van der Waals surface area (Å²) >= 11 is 6.06. The molecule has 4 rings (SSSR count). The third kappa shape index (κ3) is 4.11. The number of aromatic amines is 1. The van der Waals surface area contributed by atoms with Crippen LogP contribution >= 0.6 is 11.6 Å². The highest BCUT2D eigenvalue weighted by Gasteiger charge is 2.40. The number of nitrogens with one attached hydrogen (secondary N) is 1. The molecule has 0 saturated carbocycles. The van der Waals surface area contributed by atoms with Crippen molar-refractivity contribution in [2.45, 2.75) is 25.7 Å². The molecule has 0 aliphatic carbocycles. The van der Waals surface area contributed by atoms with Crippen molar-refractivity contribution in [2.24, 2.45) is 5.92 Å². The highest BCUT2D eigenvalue weighted by atomic mass is 35.5. The van der Waals surface area contributed by atoms with Crippen LogP contribution in [0.1, 0.15) is 48.0 Å². The van der Waals surface area contributed by atoms with Crippen molar-refractivity contribution in [3.63, 3.8) is 0 Å². The van der Waals surface area contributed by atoms with Crippen LogP contribution < -0.4 is 0 Å². The predicted octanol–water partition coefficient (Wildman–Crippen LogP) is 3.74. The van der Waals surface area contributed by atoms with Gasteiger partial charge in [0.2, 0.25) is 11.8 Å². The van der Waals surface area contributed by atoms with E-state index in [1.807, 2.05) is 32.0 Å². The molecule has 1 amide bonds. The van der Waals surface area contributed by atoms with Gasteiger partial charge in [0.15, 0.2) is 0 Å². The summed E-state index contributed by atoms with van der Waals surface area (Å²) in [6, 6.07) is 9.11. The van der Waals surface area contributed by atoms with E-state index in [0.717, 1.165) is 5.56 Å². The van der Waals surface area contributed by atoms with Gasteiger partial charge in [-0.3, -0.25) is 9.89 Å². The Kier molecular flexibility index (Phi) is 5.87. The fraction of sp³-hybridized carbons (Fsp3) is 0.429. The van der Waals surface area contributed by atoms with Crippen LogP contribution in [0, 0.1) is 5.92 Å². The Hall–Kier alpha value is -2.71. The lowest BCUT2D eigenvalue weighted by Gasteiger charge is -2.14. The molecule has 2 atom stereocenters.